The van der Waals surface area contributed by atoms with Crippen LogP contribution in [0, 0.1) is 0 Å². The second-order valence-corrected chi connectivity index (χ2v) is 22.2. The molecule has 69 heavy (non-hydrogen) atoms. The summed E-state index contributed by atoms with van der Waals surface area (Å²) in [5.41, 5.74) is 0. The van der Waals surface area contributed by atoms with Gasteiger partial charge in [-0.15, -0.1) is 0 Å². The normalized spacial score (nSPS) is 12.8. The van der Waals surface area contributed by atoms with Crippen molar-refractivity contribution in [3.8, 4) is 0 Å². The van der Waals surface area contributed by atoms with Crippen LogP contribution < -0.4 is 5.32 Å². The molecule has 0 aromatic heterocycles. The second kappa shape index (κ2) is 61.2. The number of nitrogens with one attached hydrogen (secondary N) is 1. The number of hydrogen-bond acceptors (Lipinski definition) is 3. The summed E-state index contributed by atoms with van der Waals surface area (Å²) in [6.45, 7) is 4.35. The van der Waals surface area contributed by atoms with Gasteiger partial charge in [-0.05, 0) is 44.9 Å². The predicted octanol–water partition coefficient (Wildman–Crippen LogP) is 21.4. The van der Waals surface area contributed by atoms with Gasteiger partial charge >= 0.3 is 0 Å². The molecule has 2 atom stereocenters. The molecule has 0 heterocycles. The molecule has 0 saturated carbocycles. The number of carbonyl (C=O) groups excluding carboxylic acids is 1. The average Bonchev–Trinajstić information content (AvgIpc) is 3.35. The van der Waals surface area contributed by atoms with E-state index in [-0.39, 0.29) is 12.5 Å². The van der Waals surface area contributed by atoms with Crippen LogP contribution in [0.3, 0.4) is 0 Å². The molecule has 4 nitrogen and oxygen atoms in total. The molecular formula is C65H127NO3. The molecule has 0 rings (SSSR count). The molecule has 0 spiro atoms. The van der Waals surface area contributed by atoms with Crippen LogP contribution in [0.25, 0.3) is 0 Å². The Morgan fingerprint density at radius 1 is 0.333 bits per heavy atom. The fraction of sp³-hybridized carbons (Fsp3) is 0.923. The van der Waals surface area contributed by atoms with Gasteiger partial charge in [0.2, 0.25) is 5.91 Å². The van der Waals surface area contributed by atoms with E-state index in [9.17, 15) is 15.0 Å². The Labute approximate surface area is 434 Å². The van der Waals surface area contributed by atoms with Crippen molar-refractivity contribution >= 4 is 5.91 Å². The molecule has 3 N–H and O–H groups in total. The molecule has 0 saturated heterocycles. The van der Waals surface area contributed by atoms with Crippen LogP contribution in [-0.4, -0.2) is 34.9 Å². The third kappa shape index (κ3) is 57.6. The Morgan fingerprint density at radius 2 is 0.551 bits per heavy atom. The number of rotatable bonds is 60. The van der Waals surface area contributed by atoms with E-state index in [0.717, 1.165) is 25.7 Å². The minimum Gasteiger partial charge on any atom is -0.394 e. The van der Waals surface area contributed by atoms with Gasteiger partial charge in [0.05, 0.1) is 18.8 Å². The van der Waals surface area contributed by atoms with Crippen molar-refractivity contribution < 1.29 is 15.0 Å². The van der Waals surface area contributed by atoms with Crippen LogP contribution in [0.15, 0.2) is 24.3 Å². The molecule has 4 heteroatoms. The molecule has 0 fully saturated rings. The molecule has 0 aromatic carbocycles. The number of amides is 1. The standard InChI is InChI=1S/C65H127NO3/c1-3-5-7-9-11-13-15-17-19-21-23-25-26-27-28-29-30-31-32-33-34-35-36-37-38-39-40-41-43-45-47-49-51-53-55-57-59-61-65(69)66-63(62-67)64(68)60-58-56-54-52-50-48-46-44-42-24-22-20-18-16-14-12-10-8-6-4-2/h21,23,58,60,63-64,67-68H,3-20,22,24-57,59,61-62H2,1-2H3,(H,66,69)/b23-21-,60-58+. The van der Waals surface area contributed by atoms with E-state index in [1.807, 2.05) is 6.08 Å². The van der Waals surface area contributed by atoms with E-state index in [1.165, 1.54) is 321 Å². The van der Waals surface area contributed by atoms with Gasteiger partial charge in [0.25, 0.3) is 0 Å². The van der Waals surface area contributed by atoms with E-state index in [2.05, 4.69) is 31.3 Å². The Kier molecular flexibility index (Phi) is 60.2. The monoisotopic (exact) mass is 970 g/mol. The van der Waals surface area contributed by atoms with Gasteiger partial charge in [-0.1, -0.05) is 340 Å². The minimum absolute atomic E-state index is 0.0555. The van der Waals surface area contributed by atoms with Crippen molar-refractivity contribution in [2.24, 2.45) is 0 Å². The van der Waals surface area contributed by atoms with Gasteiger partial charge in [-0.25, -0.2) is 0 Å². The maximum absolute atomic E-state index is 12.5. The van der Waals surface area contributed by atoms with Gasteiger partial charge in [-0.3, -0.25) is 4.79 Å². The highest BCUT2D eigenvalue weighted by molar-refractivity contribution is 5.76. The fourth-order valence-electron chi connectivity index (χ4n) is 10.3. The molecule has 2 unspecified atom stereocenters. The summed E-state index contributed by atoms with van der Waals surface area (Å²) in [6, 6.07) is -0.620. The molecule has 0 radical (unpaired) electrons. The maximum Gasteiger partial charge on any atom is 0.220 e. The lowest BCUT2D eigenvalue weighted by Crippen LogP contribution is -2.45. The molecule has 1 amide bonds. The zero-order valence-electron chi connectivity index (χ0n) is 47.4. The quantitative estimate of drug-likeness (QED) is 0.0420. The highest BCUT2D eigenvalue weighted by Gasteiger charge is 2.18. The van der Waals surface area contributed by atoms with Crippen molar-refractivity contribution in [1.29, 1.82) is 0 Å². The number of unbranched alkanes of at least 4 members (excludes halogenated alkanes) is 51. The van der Waals surface area contributed by atoms with Crippen LogP contribution in [0.4, 0.5) is 0 Å². The summed E-state index contributed by atoms with van der Waals surface area (Å²) in [5, 5.41) is 23.2. The number of hydrogen-bond donors (Lipinski definition) is 3. The summed E-state index contributed by atoms with van der Waals surface area (Å²) in [7, 11) is 0. The largest absolute Gasteiger partial charge is 0.394 e. The zero-order chi connectivity index (χ0) is 49.9. The highest BCUT2D eigenvalue weighted by Crippen LogP contribution is 2.18. The summed E-state index contributed by atoms with van der Waals surface area (Å²) in [6.07, 6.45) is 82.4. The third-order valence-corrected chi connectivity index (χ3v) is 15.2. The Bertz CT molecular complexity index is 1010. The number of allylic oxidation sites excluding steroid dienone is 3. The van der Waals surface area contributed by atoms with Gasteiger partial charge < -0.3 is 15.5 Å². The molecule has 0 aliphatic carbocycles. The van der Waals surface area contributed by atoms with Gasteiger partial charge in [0.1, 0.15) is 0 Å². The second-order valence-electron chi connectivity index (χ2n) is 22.2. The van der Waals surface area contributed by atoms with Gasteiger partial charge in [0, 0.05) is 6.42 Å². The minimum atomic E-state index is -0.837. The summed E-state index contributed by atoms with van der Waals surface area (Å²) in [4.78, 5) is 12.5. The maximum atomic E-state index is 12.5. The number of aliphatic hydroxyl groups is 2. The molecule has 410 valence electrons. The lowest BCUT2D eigenvalue weighted by Gasteiger charge is -2.20. The lowest BCUT2D eigenvalue weighted by molar-refractivity contribution is -0.123. The highest BCUT2D eigenvalue weighted by atomic mass is 16.3. The van der Waals surface area contributed by atoms with E-state index in [1.54, 1.807) is 6.08 Å². The molecule has 0 aromatic rings. The van der Waals surface area contributed by atoms with E-state index < -0.39 is 12.1 Å². The van der Waals surface area contributed by atoms with Crippen molar-refractivity contribution in [2.45, 2.75) is 379 Å². The van der Waals surface area contributed by atoms with Crippen LogP contribution in [0.2, 0.25) is 0 Å². The predicted molar refractivity (Wildman–Crippen MR) is 309 cm³/mol. The third-order valence-electron chi connectivity index (χ3n) is 15.2. The molecular weight excluding hydrogens is 843 g/mol. The first-order chi connectivity index (χ1) is 34.2. The van der Waals surface area contributed by atoms with E-state index in [0.29, 0.717) is 6.42 Å². The first-order valence-electron chi connectivity index (χ1n) is 32.1. The van der Waals surface area contributed by atoms with Crippen LogP contribution in [0.1, 0.15) is 367 Å². The SMILES string of the molecule is CCCCCCCCCC/C=C\CCCCCCCCCCCCCCCCCCCCCCCCCCCC(=O)NC(CO)C(O)/C=C/CCCCCCCCCCCCCCCCCCCC. The first kappa shape index (κ1) is 67.9. The lowest BCUT2D eigenvalue weighted by atomic mass is 10.0. The Hall–Kier alpha value is -1.13. The van der Waals surface area contributed by atoms with Crippen molar-refractivity contribution in [3.05, 3.63) is 24.3 Å². The Balaban J connectivity index is 3.39. The van der Waals surface area contributed by atoms with Gasteiger partial charge in [0.15, 0.2) is 0 Å². The zero-order valence-corrected chi connectivity index (χ0v) is 47.4. The van der Waals surface area contributed by atoms with Crippen molar-refractivity contribution in [3.63, 3.8) is 0 Å². The molecule has 0 bridgehead atoms. The van der Waals surface area contributed by atoms with Crippen molar-refractivity contribution in [2.75, 3.05) is 6.61 Å². The average molecular weight is 971 g/mol. The van der Waals surface area contributed by atoms with Crippen LogP contribution >= 0.6 is 0 Å². The van der Waals surface area contributed by atoms with Crippen LogP contribution in [-0.2, 0) is 4.79 Å². The van der Waals surface area contributed by atoms with E-state index >= 15 is 0 Å². The summed E-state index contributed by atoms with van der Waals surface area (Å²) >= 11 is 0. The fourth-order valence-corrected chi connectivity index (χ4v) is 10.3. The van der Waals surface area contributed by atoms with E-state index in [4.69, 9.17) is 0 Å². The summed E-state index contributed by atoms with van der Waals surface area (Å²) < 4.78 is 0. The van der Waals surface area contributed by atoms with Crippen molar-refractivity contribution in [1.82, 2.24) is 5.32 Å². The topological polar surface area (TPSA) is 69.6 Å². The summed E-state index contributed by atoms with van der Waals surface area (Å²) in [5.74, 6) is -0.0555. The molecule has 0 aliphatic rings. The first-order valence-corrected chi connectivity index (χ1v) is 32.1. The number of carbonyl (C=O) groups is 1. The number of aliphatic hydroxyl groups excluding tert-OH is 2. The molecule has 0 aliphatic heterocycles. The van der Waals surface area contributed by atoms with Gasteiger partial charge in [-0.2, -0.15) is 0 Å². The Morgan fingerprint density at radius 3 is 0.797 bits per heavy atom. The smallest absolute Gasteiger partial charge is 0.220 e. The van der Waals surface area contributed by atoms with Crippen LogP contribution in [0.5, 0.6) is 0 Å².